The van der Waals surface area contributed by atoms with Crippen LogP contribution in [0.4, 0.5) is 4.39 Å². The SMILES string of the molecule is CC(O)(c1ccccc1)c1cccc(F)c1. The van der Waals surface area contributed by atoms with Crippen LogP contribution in [0.2, 0.25) is 0 Å². The molecule has 0 aromatic heterocycles. The fourth-order valence-corrected chi connectivity index (χ4v) is 1.72. The second-order valence-electron chi connectivity index (χ2n) is 3.95. The van der Waals surface area contributed by atoms with Gasteiger partial charge in [-0.25, -0.2) is 4.39 Å². The highest BCUT2D eigenvalue weighted by Crippen LogP contribution is 2.28. The van der Waals surface area contributed by atoms with Crippen molar-refractivity contribution < 1.29 is 9.50 Å². The first-order valence-electron chi connectivity index (χ1n) is 5.14. The fraction of sp³-hybridized carbons (Fsp3) is 0.143. The molecule has 0 aliphatic rings. The van der Waals surface area contributed by atoms with Crippen LogP contribution in [0.5, 0.6) is 0 Å². The van der Waals surface area contributed by atoms with Crippen molar-refractivity contribution in [3.63, 3.8) is 0 Å². The van der Waals surface area contributed by atoms with E-state index in [1.54, 1.807) is 19.1 Å². The highest BCUT2D eigenvalue weighted by atomic mass is 19.1. The molecular formula is C14H13FO. The van der Waals surface area contributed by atoms with Crippen LogP contribution in [0.25, 0.3) is 0 Å². The molecule has 0 spiro atoms. The largest absolute Gasteiger partial charge is 0.381 e. The van der Waals surface area contributed by atoms with Crippen molar-refractivity contribution in [2.24, 2.45) is 0 Å². The van der Waals surface area contributed by atoms with E-state index < -0.39 is 5.60 Å². The van der Waals surface area contributed by atoms with E-state index in [-0.39, 0.29) is 5.82 Å². The second kappa shape index (κ2) is 4.06. The Kier molecular flexibility index (Phi) is 2.75. The first-order valence-corrected chi connectivity index (χ1v) is 5.14. The van der Waals surface area contributed by atoms with Crippen molar-refractivity contribution in [2.45, 2.75) is 12.5 Å². The number of hydrogen-bond donors (Lipinski definition) is 1. The Morgan fingerprint density at radius 2 is 1.56 bits per heavy atom. The van der Waals surface area contributed by atoms with E-state index in [4.69, 9.17) is 0 Å². The summed E-state index contributed by atoms with van der Waals surface area (Å²) in [5, 5.41) is 10.4. The Bertz CT molecular complexity index is 477. The van der Waals surface area contributed by atoms with E-state index in [0.717, 1.165) is 5.56 Å². The smallest absolute Gasteiger partial charge is 0.123 e. The number of hydrogen-bond acceptors (Lipinski definition) is 1. The van der Waals surface area contributed by atoms with Crippen LogP contribution in [0.1, 0.15) is 18.1 Å². The van der Waals surface area contributed by atoms with Gasteiger partial charge in [-0.3, -0.25) is 0 Å². The highest BCUT2D eigenvalue weighted by molar-refractivity contribution is 5.34. The lowest BCUT2D eigenvalue weighted by atomic mass is 9.88. The first kappa shape index (κ1) is 10.8. The molecule has 0 aliphatic carbocycles. The van der Waals surface area contributed by atoms with Crippen LogP contribution in [-0.2, 0) is 5.60 Å². The molecule has 0 fully saturated rings. The standard InChI is InChI=1S/C14H13FO/c1-14(16,11-6-3-2-4-7-11)12-8-5-9-13(15)10-12/h2-10,16H,1H3. The lowest BCUT2D eigenvalue weighted by Gasteiger charge is -2.24. The summed E-state index contributed by atoms with van der Waals surface area (Å²) in [5.41, 5.74) is 0.142. The van der Waals surface area contributed by atoms with Crippen molar-refractivity contribution in [1.29, 1.82) is 0 Å². The van der Waals surface area contributed by atoms with Crippen molar-refractivity contribution in [1.82, 2.24) is 0 Å². The molecule has 2 heteroatoms. The number of benzene rings is 2. The summed E-state index contributed by atoms with van der Waals surface area (Å²) in [6.45, 7) is 1.66. The maximum absolute atomic E-state index is 13.1. The molecular weight excluding hydrogens is 203 g/mol. The molecule has 2 rings (SSSR count). The Morgan fingerprint density at radius 3 is 2.19 bits per heavy atom. The second-order valence-corrected chi connectivity index (χ2v) is 3.95. The summed E-state index contributed by atoms with van der Waals surface area (Å²) in [6, 6.07) is 15.3. The van der Waals surface area contributed by atoms with E-state index in [0.29, 0.717) is 5.56 Å². The lowest BCUT2D eigenvalue weighted by molar-refractivity contribution is 0.102. The molecule has 82 valence electrons. The molecule has 0 saturated heterocycles. The summed E-state index contributed by atoms with van der Waals surface area (Å²) in [4.78, 5) is 0. The van der Waals surface area contributed by atoms with Gasteiger partial charge in [0.05, 0.1) is 0 Å². The molecule has 0 heterocycles. The summed E-state index contributed by atoms with van der Waals surface area (Å²) in [5.74, 6) is -0.339. The molecule has 0 amide bonds. The van der Waals surface area contributed by atoms with Crippen molar-refractivity contribution in [3.05, 3.63) is 71.5 Å². The van der Waals surface area contributed by atoms with Gasteiger partial charge in [0, 0.05) is 0 Å². The topological polar surface area (TPSA) is 20.2 Å². The van der Waals surface area contributed by atoms with Gasteiger partial charge in [-0.05, 0) is 30.2 Å². The molecule has 2 aromatic rings. The third-order valence-electron chi connectivity index (χ3n) is 2.72. The number of aliphatic hydroxyl groups is 1. The number of halogens is 1. The van der Waals surface area contributed by atoms with Crippen LogP contribution >= 0.6 is 0 Å². The highest BCUT2D eigenvalue weighted by Gasteiger charge is 2.25. The third-order valence-corrected chi connectivity index (χ3v) is 2.72. The van der Waals surface area contributed by atoms with Gasteiger partial charge < -0.3 is 5.11 Å². The number of rotatable bonds is 2. The Hall–Kier alpha value is -1.67. The van der Waals surface area contributed by atoms with Gasteiger partial charge in [0.2, 0.25) is 0 Å². The minimum Gasteiger partial charge on any atom is -0.381 e. The summed E-state index contributed by atoms with van der Waals surface area (Å²) >= 11 is 0. The van der Waals surface area contributed by atoms with Crippen molar-refractivity contribution in [2.75, 3.05) is 0 Å². The predicted octanol–water partition coefficient (Wildman–Crippen LogP) is 3.08. The van der Waals surface area contributed by atoms with Gasteiger partial charge >= 0.3 is 0 Å². The van der Waals surface area contributed by atoms with Gasteiger partial charge in [-0.15, -0.1) is 0 Å². The van der Waals surface area contributed by atoms with Crippen LogP contribution in [0.3, 0.4) is 0 Å². The zero-order valence-corrected chi connectivity index (χ0v) is 9.02. The molecule has 1 unspecified atom stereocenters. The molecule has 0 aliphatic heterocycles. The van der Waals surface area contributed by atoms with Crippen LogP contribution < -0.4 is 0 Å². The van der Waals surface area contributed by atoms with Gasteiger partial charge in [-0.1, -0.05) is 42.5 Å². The maximum Gasteiger partial charge on any atom is 0.123 e. The lowest BCUT2D eigenvalue weighted by Crippen LogP contribution is -2.22. The molecule has 1 nitrogen and oxygen atoms in total. The van der Waals surface area contributed by atoms with E-state index in [1.165, 1.54) is 12.1 Å². The average Bonchev–Trinajstić information content (AvgIpc) is 2.30. The Balaban J connectivity index is 2.47. The molecule has 1 atom stereocenters. The van der Waals surface area contributed by atoms with Crippen molar-refractivity contribution >= 4 is 0 Å². The van der Waals surface area contributed by atoms with Crippen molar-refractivity contribution in [3.8, 4) is 0 Å². The summed E-state index contributed by atoms with van der Waals surface area (Å²) in [6.07, 6.45) is 0. The minimum atomic E-state index is -1.16. The third kappa shape index (κ3) is 1.97. The molecule has 0 radical (unpaired) electrons. The van der Waals surface area contributed by atoms with E-state index in [1.807, 2.05) is 30.3 Å². The fourth-order valence-electron chi connectivity index (χ4n) is 1.72. The monoisotopic (exact) mass is 216 g/mol. The molecule has 0 bridgehead atoms. The van der Waals surface area contributed by atoms with Gasteiger partial charge in [0.25, 0.3) is 0 Å². The van der Waals surface area contributed by atoms with Crippen LogP contribution in [0.15, 0.2) is 54.6 Å². The van der Waals surface area contributed by atoms with Crippen LogP contribution in [-0.4, -0.2) is 5.11 Å². The summed E-state index contributed by atoms with van der Waals surface area (Å²) < 4.78 is 13.1. The Morgan fingerprint density at radius 1 is 0.938 bits per heavy atom. The minimum absolute atomic E-state index is 0.339. The van der Waals surface area contributed by atoms with Gasteiger partial charge in [0.1, 0.15) is 11.4 Å². The quantitative estimate of drug-likeness (QED) is 0.817. The zero-order valence-electron chi connectivity index (χ0n) is 9.02. The van der Waals surface area contributed by atoms with Crippen LogP contribution in [0, 0.1) is 5.82 Å². The van der Waals surface area contributed by atoms with Gasteiger partial charge in [-0.2, -0.15) is 0 Å². The summed E-state index contributed by atoms with van der Waals surface area (Å²) in [7, 11) is 0. The van der Waals surface area contributed by atoms with E-state index in [9.17, 15) is 9.50 Å². The zero-order chi connectivity index (χ0) is 11.6. The molecule has 1 N–H and O–H groups in total. The first-order chi connectivity index (χ1) is 7.60. The van der Waals surface area contributed by atoms with E-state index >= 15 is 0 Å². The molecule has 0 saturated carbocycles. The molecule has 16 heavy (non-hydrogen) atoms. The Labute approximate surface area is 94.2 Å². The molecule has 2 aromatic carbocycles. The predicted molar refractivity (Wildman–Crippen MR) is 61.5 cm³/mol. The van der Waals surface area contributed by atoms with Gasteiger partial charge in [0.15, 0.2) is 0 Å². The average molecular weight is 216 g/mol. The normalized spacial score (nSPS) is 14.4. The van der Waals surface area contributed by atoms with E-state index in [2.05, 4.69) is 0 Å². The maximum atomic E-state index is 13.1.